The quantitative estimate of drug-likeness (QED) is 0.365. The van der Waals surface area contributed by atoms with Crippen molar-refractivity contribution in [3.05, 3.63) is 42.0 Å². The number of esters is 1. The van der Waals surface area contributed by atoms with Crippen molar-refractivity contribution in [1.29, 1.82) is 0 Å². The normalized spacial score (nSPS) is 10.8. The summed E-state index contributed by atoms with van der Waals surface area (Å²) in [4.78, 5) is 23.4. The Balaban J connectivity index is 2.24. The van der Waals surface area contributed by atoms with Gasteiger partial charge in [-0.3, -0.25) is 4.79 Å². The Labute approximate surface area is 145 Å². The third-order valence-electron chi connectivity index (χ3n) is 3.77. The monoisotopic (exact) mass is 331 g/mol. The van der Waals surface area contributed by atoms with Crippen LogP contribution in [0, 0.1) is 0 Å². The van der Waals surface area contributed by atoms with Crippen LogP contribution in [0.1, 0.15) is 57.9 Å². The lowest BCUT2D eigenvalue weighted by Gasteiger charge is -2.07. The summed E-state index contributed by atoms with van der Waals surface area (Å²) in [5.74, 6) is -0.796. The molecule has 0 radical (unpaired) electrons. The number of ether oxygens (including phenoxy) is 1. The van der Waals surface area contributed by atoms with Gasteiger partial charge in [0, 0.05) is 17.8 Å². The minimum absolute atomic E-state index is 0.326. The minimum atomic E-state index is -0.470. The van der Waals surface area contributed by atoms with Crippen LogP contribution in [0.3, 0.4) is 0 Å². The molecule has 4 nitrogen and oxygen atoms in total. The van der Waals surface area contributed by atoms with E-state index in [0.717, 1.165) is 30.5 Å². The minimum Gasteiger partial charge on any atom is -0.463 e. The number of hydrogen-bond acceptors (Lipinski definition) is 3. The Bertz CT molecular complexity index is 537. The van der Waals surface area contributed by atoms with E-state index in [0.29, 0.717) is 6.61 Å². The fourth-order valence-electron chi connectivity index (χ4n) is 2.37. The van der Waals surface area contributed by atoms with Gasteiger partial charge >= 0.3 is 5.97 Å². The lowest BCUT2D eigenvalue weighted by molar-refractivity contribution is -0.138. The fraction of sp³-hybridized carbons (Fsp3) is 0.500. The molecule has 0 saturated carbocycles. The Morgan fingerprint density at radius 2 is 1.71 bits per heavy atom. The average molecular weight is 331 g/mol. The number of unbranched alkanes of at least 4 members (excludes halogenated alkanes) is 5. The first-order valence-corrected chi connectivity index (χ1v) is 8.91. The van der Waals surface area contributed by atoms with Gasteiger partial charge in [0.25, 0.3) is 0 Å². The molecule has 0 unspecified atom stereocenters. The molecule has 0 saturated heterocycles. The van der Waals surface area contributed by atoms with Gasteiger partial charge in [0.1, 0.15) is 0 Å². The molecule has 1 rings (SSSR count). The lowest BCUT2D eigenvalue weighted by Crippen LogP contribution is -2.11. The molecule has 0 aliphatic rings. The van der Waals surface area contributed by atoms with Crippen LogP contribution < -0.4 is 5.32 Å². The zero-order chi connectivity index (χ0) is 17.6. The van der Waals surface area contributed by atoms with E-state index in [4.69, 9.17) is 4.74 Å². The SMILES string of the molecule is CCCCCCCCOC(=O)/C=C/C(=O)Nc1ccccc1CC. The molecule has 0 spiro atoms. The van der Waals surface area contributed by atoms with E-state index >= 15 is 0 Å². The molecule has 1 aromatic rings. The van der Waals surface area contributed by atoms with Gasteiger partial charge < -0.3 is 10.1 Å². The first kappa shape index (κ1) is 19.9. The van der Waals surface area contributed by atoms with Gasteiger partial charge in [-0.05, 0) is 24.5 Å². The molecule has 1 aromatic carbocycles. The molecule has 4 heteroatoms. The van der Waals surface area contributed by atoms with Gasteiger partial charge in [-0.2, -0.15) is 0 Å². The number of carbonyl (C=O) groups is 2. The van der Waals surface area contributed by atoms with Crippen molar-refractivity contribution in [2.24, 2.45) is 0 Å². The molecule has 0 aromatic heterocycles. The van der Waals surface area contributed by atoms with E-state index in [1.807, 2.05) is 31.2 Å². The summed E-state index contributed by atoms with van der Waals surface area (Å²) in [7, 11) is 0. The summed E-state index contributed by atoms with van der Waals surface area (Å²) in [6.07, 6.45) is 10.1. The van der Waals surface area contributed by atoms with Crippen LogP contribution in [0.4, 0.5) is 5.69 Å². The number of rotatable bonds is 11. The lowest BCUT2D eigenvalue weighted by atomic mass is 10.1. The zero-order valence-corrected chi connectivity index (χ0v) is 14.8. The van der Waals surface area contributed by atoms with Crippen LogP contribution in [0.2, 0.25) is 0 Å². The van der Waals surface area contributed by atoms with E-state index in [-0.39, 0.29) is 5.91 Å². The van der Waals surface area contributed by atoms with Crippen molar-refractivity contribution in [2.75, 3.05) is 11.9 Å². The summed E-state index contributed by atoms with van der Waals surface area (Å²) < 4.78 is 5.09. The highest BCUT2D eigenvalue weighted by atomic mass is 16.5. The molecule has 0 fully saturated rings. The molecule has 0 bridgehead atoms. The van der Waals surface area contributed by atoms with Gasteiger partial charge in [-0.15, -0.1) is 0 Å². The highest BCUT2D eigenvalue weighted by Gasteiger charge is 2.04. The predicted molar refractivity (Wildman–Crippen MR) is 97.9 cm³/mol. The van der Waals surface area contributed by atoms with E-state index in [2.05, 4.69) is 12.2 Å². The summed E-state index contributed by atoms with van der Waals surface area (Å²) in [6.45, 7) is 4.63. The van der Waals surface area contributed by atoms with Crippen LogP contribution in [0.15, 0.2) is 36.4 Å². The zero-order valence-electron chi connectivity index (χ0n) is 14.8. The van der Waals surface area contributed by atoms with E-state index in [1.54, 1.807) is 0 Å². The fourth-order valence-corrected chi connectivity index (χ4v) is 2.37. The molecule has 0 aliphatic heterocycles. The predicted octanol–water partition coefficient (Wildman–Crippen LogP) is 4.65. The van der Waals surface area contributed by atoms with Crippen molar-refractivity contribution in [2.45, 2.75) is 58.8 Å². The van der Waals surface area contributed by atoms with E-state index in [9.17, 15) is 9.59 Å². The second-order valence-corrected chi connectivity index (χ2v) is 5.77. The molecule has 0 aliphatic carbocycles. The molecule has 0 atom stereocenters. The van der Waals surface area contributed by atoms with Crippen LogP contribution in [0.5, 0.6) is 0 Å². The number of carbonyl (C=O) groups excluding carboxylic acids is 2. The van der Waals surface area contributed by atoms with Crippen LogP contribution in [-0.2, 0) is 20.7 Å². The Kier molecular flexibility index (Phi) is 10.3. The molecule has 24 heavy (non-hydrogen) atoms. The number of anilines is 1. The summed E-state index contributed by atoms with van der Waals surface area (Å²) in [5.41, 5.74) is 1.83. The smallest absolute Gasteiger partial charge is 0.330 e. The Morgan fingerprint density at radius 1 is 1.00 bits per heavy atom. The molecule has 132 valence electrons. The summed E-state index contributed by atoms with van der Waals surface area (Å²) in [6, 6.07) is 7.62. The van der Waals surface area contributed by atoms with Crippen LogP contribution in [0.25, 0.3) is 0 Å². The van der Waals surface area contributed by atoms with Crippen molar-refractivity contribution in [3.8, 4) is 0 Å². The van der Waals surface area contributed by atoms with Gasteiger partial charge in [0.2, 0.25) is 5.91 Å². The first-order valence-electron chi connectivity index (χ1n) is 8.91. The van der Waals surface area contributed by atoms with Gasteiger partial charge in [0.05, 0.1) is 6.61 Å². The van der Waals surface area contributed by atoms with Crippen molar-refractivity contribution in [1.82, 2.24) is 0 Å². The second-order valence-electron chi connectivity index (χ2n) is 5.77. The summed E-state index contributed by atoms with van der Waals surface area (Å²) in [5, 5.41) is 2.78. The number of aryl methyl sites for hydroxylation is 1. The maximum atomic E-state index is 11.9. The Morgan fingerprint density at radius 3 is 2.46 bits per heavy atom. The van der Waals surface area contributed by atoms with Crippen molar-refractivity contribution in [3.63, 3.8) is 0 Å². The number of benzene rings is 1. The number of nitrogens with one attached hydrogen (secondary N) is 1. The van der Waals surface area contributed by atoms with Gasteiger partial charge in [-0.25, -0.2) is 4.79 Å². The third-order valence-corrected chi connectivity index (χ3v) is 3.77. The van der Waals surface area contributed by atoms with Gasteiger partial charge in [0.15, 0.2) is 0 Å². The molecule has 1 N–H and O–H groups in total. The van der Waals surface area contributed by atoms with Crippen LogP contribution >= 0.6 is 0 Å². The molecular formula is C20H29NO3. The maximum Gasteiger partial charge on any atom is 0.330 e. The highest BCUT2D eigenvalue weighted by molar-refractivity contribution is 6.02. The molecule has 0 heterocycles. The highest BCUT2D eigenvalue weighted by Crippen LogP contribution is 2.15. The topological polar surface area (TPSA) is 55.4 Å². The van der Waals surface area contributed by atoms with Crippen LogP contribution in [-0.4, -0.2) is 18.5 Å². The van der Waals surface area contributed by atoms with E-state index in [1.165, 1.54) is 37.8 Å². The average Bonchev–Trinajstić information content (AvgIpc) is 2.59. The molecular weight excluding hydrogens is 302 g/mol. The summed E-state index contributed by atoms with van der Waals surface area (Å²) >= 11 is 0. The Hall–Kier alpha value is -2.10. The maximum absolute atomic E-state index is 11.9. The van der Waals surface area contributed by atoms with Gasteiger partial charge in [-0.1, -0.05) is 64.2 Å². The number of hydrogen-bond donors (Lipinski definition) is 1. The third kappa shape index (κ3) is 8.51. The molecule has 1 amide bonds. The van der Waals surface area contributed by atoms with Crippen molar-refractivity contribution < 1.29 is 14.3 Å². The van der Waals surface area contributed by atoms with E-state index < -0.39 is 5.97 Å². The standard InChI is InChI=1S/C20H29NO3/c1-3-5-6-7-8-11-16-24-20(23)15-14-19(22)21-18-13-10-9-12-17(18)4-2/h9-10,12-15H,3-8,11,16H2,1-2H3,(H,21,22)/b15-14+. The largest absolute Gasteiger partial charge is 0.463 e. The number of amides is 1. The van der Waals surface area contributed by atoms with Crippen molar-refractivity contribution >= 4 is 17.6 Å². The number of para-hydroxylation sites is 1. The first-order chi connectivity index (χ1) is 11.7. The second kappa shape index (κ2) is 12.3.